The smallest absolute Gasteiger partial charge is 0.407 e. The molecule has 0 aliphatic carbocycles. The molecule has 0 bridgehead atoms. The maximum absolute atomic E-state index is 12.1. The van der Waals surface area contributed by atoms with Gasteiger partial charge in [0.05, 0.1) is 6.61 Å². The fraction of sp³-hybridized carbons (Fsp3) is 0.429. The maximum atomic E-state index is 12.1. The molecule has 0 unspecified atom stereocenters. The zero-order valence-electron chi connectivity index (χ0n) is 11.5. The van der Waals surface area contributed by atoms with E-state index in [0.717, 1.165) is 0 Å². The van der Waals surface area contributed by atoms with Gasteiger partial charge < -0.3 is 15.4 Å². The molecule has 1 aromatic rings. The SMILES string of the molecule is CCOC(=O)N[C@H](C(=O)Nc1ccccc1)C(C)C. The summed E-state index contributed by atoms with van der Waals surface area (Å²) in [6.07, 6.45) is -0.579. The zero-order chi connectivity index (χ0) is 14.3. The Balaban J connectivity index is 2.66. The molecule has 2 N–H and O–H groups in total. The first-order valence-corrected chi connectivity index (χ1v) is 6.33. The van der Waals surface area contributed by atoms with Gasteiger partial charge in [-0.25, -0.2) is 4.79 Å². The second-order valence-electron chi connectivity index (χ2n) is 4.44. The third kappa shape index (κ3) is 4.99. The lowest BCUT2D eigenvalue weighted by atomic mass is 10.0. The average molecular weight is 264 g/mol. The Kier molecular flexibility index (Phi) is 5.85. The van der Waals surface area contributed by atoms with Crippen LogP contribution in [0.25, 0.3) is 0 Å². The molecule has 2 amide bonds. The summed E-state index contributed by atoms with van der Waals surface area (Å²) in [6.45, 7) is 5.72. The van der Waals surface area contributed by atoms with Crippen LogP contribution in [-0.2, 0) is 9.53 Å². The first-order valence-electron chi connectivity index (χ1n) is 6.33. The molecule has 19 heavy (non-hydrogen) atoms. The molecule has 1 atom stereocenters. The quantitative estimate of drug-likeness (QED) is 0.858. The maximum Gasteiger partial charge on any atom is 0.407 e. The van der Waals surface area contributed by atoms with Crippen LogP contribution in [0.4, 0.5) is 10.5 Å². The first-order chi connectivity index (χ1) is 9.04. The van der Waals surface area contributed by atoms with Crippen molar-refractivity contribution in [2.75, 3.05) is 11.9 Å². The van der Waals surface area contributed by atoms with E-state index in [2.05, 4.69) is 10.6 Å². The Hall–Kier alpha value is -2.04. The highest BCUT2D eigenvalue weighted by molar-refractivity contribution is 5.96. The van der Waals surface area contributed by atoms with Gasteiger partial charge in [-0.3, -0.25) is 4.79 Å². The fourth-order valence-corrected chi connectivity index (χ4v) is 1.58. The minimum absolute atomic E-state index is 0.0341. The van der Waals surface area contributed by atoms with E-state index in [4.69, 9.17) is 4.74 Å². The molecule has 0 spiro atoms. The third-order valence-corrected chi connectivity index (χ3v) is 2.54. The summed E-state index contributed by atoms with van der Waals surface area (Å²) in [7, 11) is 0. The number of rotatable bonds is 5. The van der Waals surface area contributed by atoms with Crippen LogP contribution in [-0.4, -0.2) is 24.6 Å². The predicted octanol–water partition coefficient (Wildman–Crippen LogP) is 2.40. The number of anilines is 1. The summed E-state index contributed by atoms with van der Waals surface area (Å²) in [5.74, 6) is -0.289. The van der Waals surface area contributed by atoms with Crippen LogP contribution in [0, 0.1) is 5.92 Å². The second kappa shape index (κ2) is 7.41. The largest absolute Gasteiger partial charge is 0.450 e. The average Bonchev–Trinajstić information content (AvgIpc) is 2.37. The molecule has 0 saturated heterocycles. The van der Waals surface area contributed by atoms with E-state index >= 15 is 0 Å². The highest BCUT2D eigenvalue weighted by Crippen LogP contribution is 2.09. The van der Waals surface area contributed by atoms with Gasteiger partial charge in [0.2, 0.25) is 5.91 Å². The van der Waals surface area contributed by atoms with Crippen molar-refractivity contribution in [1.82, 2.24) is 5.32 Å². The minimum Gasteiger partial charge on any atom is -0.450 e. The molecule has 0 saturated carbocycles. The number of alkyl carbamates (subject to hydrolysis) is 1. The van der Waals surface area contributed by atoms with Crippen LogP contribution in [0.5, 0.6) is 0 Å². The molecule has 0 aromatic heterocycles. The van der Waals surface area contributed by atoms with Gasteiger partial charge in [-0.15, -0.1) is 0 Å². The van der Waals surface area contributed by atoms with E-state index in [1.807, 2.05) is 32.0 Å². The lowest BCUT2D eigenvalue weighted by molar-refractivity contribution is -0.119. The third-order valence-electron chi connectivity index (χ3n) is 2.54. The number of amides is 2. The molecular formula is C14H20N2O3. The highest BCUT2D eigenvalue weighted by Gasteiger charge is 2.24. The Morgan fingerprint density at radius 1 is 1.21 bits per heavy atom. The Labute approximate surface area is 113 Å². The van der Waals surface area contributed by atoms with E-state index in [0.29, 0.717) is 5.69 Å². The summed E-state index contributed by atoms with van der Waals surface area (Å²) in [6, 6.07) is 8.49. The van der Waals surface area contributed by atoms with Gasteiger partial charge in [-0.05, 0) is 25.0 Å². The second-order valence-corrected chi connectivity index (χ2v) is 4.44. The molecule has 0 fully saturated rings. The van der Waals surface area contributed by atoms with Gasteiger partial charge in [-0.2, -0.15) is 0 Å². The molecule has 1 rings (SSSR count). The molecule has 0 aliphatic rings. The van der Waals surface area contributed by atoms with Crippen molar-refractivity contribution in [3.8, 4) is 0 Å². The van der Waals surface area contributed by atoms with Crippen molar-refractivity contribution in [3.63, 3.8) is 0 Å². The van der Waals surface area contributed by atoms with Crippen LogP contribution in [0.1, 0.15) is 20.8 Å². The molecule has 5 heteroatoms. The molecule has 0 aliphatic heterocycles. The van der Waals surface area contributed by atoms with Crippen LogP contribution in [0.3, 0.4) is 0 Å². The van der Waals surface area contributed by atoms with Gasteiger partial charge in [-0.1, -0.05) is 32.0 Å². The van der Waals surface area contributed by atoms with Gasteiger partial charge in [0.1, 0.15) is 6.04 Å². The van der Waals surface area contributed by atoms with Crippen molar-refractivity contribution in [1.29, 1.82) is 0 Å². The number of para-hydroxylation sites is 1. The molecule has 0 radical (unpaired) electrons. The summed E-state index contributed by atoms with van der Waals surface area (Å²) in [5, 5.41) is 5.33. The van der Waals surface area contributed by atoms with Crippen molar-refractivity contribution in [2.45, 2.75) is 26.8 Å². The Morgan fingerprint density at radius 2 is 1.84 bits per heavy atom. The van der Waals surface area contributed by atoms with Crippen molar-refractivity contribution in [3.05, 3.63) is 30.3 Å². The molecule has 1 aromatic carbocycles. The lowest BCUT2D eigenvalue weighted by Crippen LogP contribution is -2.47. The van der Waals surface area contributed by atoms with Crippen LogP contribution in [0.2, 0.25) is 0 Å². The van der Waals surface area contributed by atoms with Gasteiger partial charge in [0.25, 0.3) is 0 Å². The normalized spacial score (nSPS) is 11.8. The lowest BCUT2D eigenvalue weighted by Gasteiger charge is -2.21. The number of hydrogen-bond donors (Lipinski definition) is 2. The van der Waals surface area contributed by atoms with E-state index in [9.17, 15) is 9.59 Å². The number of benzene rings is 1. The molecule has 5 nitrogen and oxygen atoms in total. The van der Waals surface area contributed by atoms with E-state index < -0.39 is 12.1 Å². The van der Waals surface area contributed by atoms with E-state index in [-0.39, 0.29) is 18.4 Å². The van der Waals surface area contributed by atoms with Crippen molar-refractivity contribution < 1.29 is 14.3 Å². The summed E-state index contributed by atoms with van der Waals surface area (Å²) in [4.78, 5) is 23.5. The number of carbonyl (C=O) groups is 2. The summed E-state index contributed by atoms with van der Waals surface area (Å²) in [5.41, 5.74) is 0.698. The number of carbonyl (C=O) groups excluding carboxylic acids is 2. The first kappa shape index (κ1) is 15.0. The predicted molar refractivity (Wildman–Crippen MR) is 73.9 cm³/mol. The topological polar surface area (TPSA) is 67.4 Å². The van der Waals surface area contributed by atoms with Gasteiger partial charge in [0.15, 0.2) is 0 Å². The van der Waals surface area contributed by atoms with Crippen molar-refractivity contribution >= 4 is 17.7 Å². The van der Waals surface area contributed by atoms with Gasteiger partial charge >= 0.3 is 6.09 Å². The van der Waals surface area contributed by atoms with Crippen LogP contribution >= 0.6 is 0 Å². The standard InChI is InChI=1S/C14H20N2O3/c1-4-19-14(18)16-12(10(2)3)13(17)15-11-8-6-5-7-9-11/h5-10,12H,4H2,1-3H3,(H,15,17)(H,16,18)/t12-/m0/s1. The van der Waals surface area contributed by atoms with Crippen LogP contribution < -0.4 is 10.6 Å². The Morgan fingerprint density at radius 3 is 2.37 bits per heavy atom. The molecule has 104 valence electrons. The van der Waals surface area contributed by atoms with E-state index in [1.54, 1.807) is 19.1 Å². The zero-order valence-corrected chi connectivity index (χ0v) is 11.5. The monoisotopic (exact) mass is 264 g/mol. The minimum atomic E-state index is -0.626. The number of hydrogen-bond acceptors (Lipinski definition) is 3. The van der Waals surface area contributed by atoms with Crippen LogP contribution in [0.15, 0.2) is 30.3 Å². The molecular weight excluding hydrogens is 244 g/mol. The Bertz CT molecular complexity index is 418. The van der Waals surface area contributed by atoms with Crippen molar-refractivity contribution in [2.24, 2.45) is 5.92 Å². The summed E-state index contributed by atoms with van der Waals surface area (Å²) >= 11 is 0. The number of ether oxygens (including phenoxy) is 1. The fourth-order valence-electron chi connectivity index (χ4n) is 1.58. The highest BCUT2D eigenvalue weighted by atomic mass is 16.5. The number of nitrogens with one attached hydrogen (secondary N) is 2. The summed E-state index contributed by atoms with van der Waals surface area (Å²) < 4.78 is 4.79. The van der Waals surface area contributed by atoms with E-state index in [1.165, 1.54) is 0 Å². The molecule has 0 heterocycles. The van der Waals surface area contributed by atoms with Gasteiger partial charge in [0, 0.05) is 5.69 Å².